The van der Waals surface area contributed by atoms with Crippen LogP contribution in [0.5, 0.6) is 0 Å². The van der Waals surface area contributed by atoms with Crippen LogP contribution in [0.15, 0.2) is 72.8 Å². The average Bonchev–Trinajstić information content (AvgIpc) is 2.63. The van der Waals surface area contributed by atoms with E-state index in [-0.39, 0.29) is 5.82 Å². The van der Waals surface area contributed by atoms with Gasteiger partial charge in [-0.25, -0.2) is 4.39 Å². The van der Waals surface area contributed by atoms with Gasteiger partial charge >= 0.3 is 0 Å². The predicted molar refractivity (Wildman–Crippen MR) is 106 cm³/mol. The molecular formula is C24H25F. The lowest BCUT2D eigenvalue weighted by molar-refractivity contribution is 0.601. The minimum Gasteiger partial charge on any atom is -0.206 e. The number of benzene rings is 2. The molecule has 0 amide bonds. The third-order valence-corrected chi connectivity index (χ3v) is 4.79. The van der Waals surface area contributed by atoms with Gasteiger partial charge < -0.3 is 0 Å². The fourth-order valence-corrected chi connectivity index (χ4v) is 3.23. The Morgan fingerprint density at radius 3 is 2.48 bits per heavy atom. The van der Waals surface area contributed by atoms with Gasteiger partial charge in [-0.05, 0) is 61.8 Å². The monoisotopic (exact) mass is 332 g/mol. The van der Waals surface area contributed by atoms with Crippen molar-refractivity contribution in [3.8, 4) is 11.1 Å². The molecule has 1 atom stereocenters. The summed E-state index contributed by atoms with van der Waals surface area (Å²) in [6.45, 7) is 4.11. The molecule has 0 bridgehead atoms. The van der Waals surface area contributed by atoms with E-state index in [2.05, 4.69) is 56.4 Å². The van der Waals surface area contributed by atoms with Crippen molar-refractivity contribution in [2.24, 2.45) is 5.92 Å². The number of allylic oxidation sites excluding steroid dienone is 6. The Labute approximate surface area is 150 Å². The van der Waals surface area contributed by atoms with E-state index in [1.165, 1.54) is 5.56 Å². The van der Waals surface area contributed by atoms with Crippen LogP contribution in [0.4, 0.5) is 4.39 Å². The van der Waals surface area contributed by atoms with Crippen LogP contribution >= 0.6 is 0 Å². The van der Waals surface area contributed by atoms with Crippen LogP contribution < -0.4 is 0 Å². The topological polar surface area (TPSA) is 0 Å². The average molecular weight is 332 g/mol. The third-order valence-electron chi connectivity index (χ3n) is 4.79. The lowest BCUT2D eigenvalue weighted by atomic mass is 9.89. The summed E-state index contributed by atoms with van der Waals surface area (Å²) in [6.07, 6.45) is 14.0. The second-order valence-corrected chi connectivity index (χ2v) is 6.72. The molecule has 25 heavy (non-hydrogen) atoms. The fourth-order valence-electron chi connectivity index (χ4n) is 3.23. The maximum absolute atomic E-state index is 14.7. The lowest BCUT2D eigenvalue weighted by Crippen LogP contribution is -2.00. The summed E-state index contributed by atoms with van der Waals surface area (Å²) in [6, 6.07) is 13.8. The molecule has 2 aromatic carbocycles. The first kappa shape index (κ1) is 17.4. The van der Waals surface area contributed by atoms with Crippen LogP contribution in [0, 0.1) is 18.7 Å². The molecule has 0 spiro atoms. The number of halogens is 1. The maximum Gasteiger partial charge on any atom is 0.131 e. The number of hydrogen-bond acceptors (Lipinski definition) is 0. The van der Waals surface area contributed by atoms with Gasteiger partial charge in [0.1, 0.15) is 5.82 Å². The highest BCUT2D eigenvalue weighted by Crippen LogP contribution is 2.30. The van der Waals surface area contributed by atoms with Gasteiger partial charge in [0, 0.05) is 5.56 Å². The highest BCUT2D eigenvalue weighted by atomic mass is 19.1. The number of hydrogen-bond donors (Lipinski definition) is 0. The molecular weight excluding hydrogens is 307 g/mol. The van der Waals surface area contributed by atoms with Crippen molar-refractivity contribution in [1.29, 1.82) is 0 Å². The smallest absolute Gasteiger partial charge is 0.131 e. The molecule has 0 N–H and O–H groups in total. The molecule has 128 valence electrons. The molecule has 1 aliphatic carbocycles. The van der Waals surface area contributed by atoms with Crippen molar-refractivity contribution in [2.75, 3.05) is 0 Å². The second kappa shape index (κ2) is 8.11. The molecule has 0 heterocycles. The normalized spacial score (nSPS) is 17.1. The zero-order chi connectivity index (χ0) is 17.6. The van der Waals surface area contributed by atoms with Gasteiger partial charge in [-0.2, -0.15) is 0 Å². The first-order valence-electron chi connectivity index (χ1n) is 9.04. The molecule has 0 saturated heterocycles. The highest BCUT2D eigenvalue weighted by Gasteiger charge is 2.13. The van der Waals surface area contributed by atoms with Gasteiger partial charge in [-0.3, -0.25) is 0 Å². The first-order chi connectivity index (χ1) is 12.2. The molecule has 0 radical (unpaired) electrons. The van der Waals surface area contributed by atoms with E-state index in [1.54, 1.807) is 6.07 Å². The summed E-state index contributed by atoms with van der Waals surface area (Å²) >= 11 is 0. The molecule has 0 fully saturated rings. The van der Waals surface area contributed by atoms with Gasteiger partial charge in [0.15, 0.2) is 0 Å². The minimum atomic E-state index is -0.152. The zero-order valence-electron chi connectivity index (χ0n) is 15.0. The van der Waals surface area contributed by atoms with Gasteiger partial charge in [-0.15, -0.1) is 0 Å². The SMILES string of the molecule is C/C=C/CCC1C=CC(c2ccc(-c3ccc(C)cc3)cc2F)=CC1. The highest BCUT2D eigenvalue weighted by molar-refractivity contribution is 5.77. The quantitative estimate of drug-likeness (QED) is 0.511. The molecule has 2 aromatic rings. The van der Waals surface area contributed by atoms with Crippen LogP contribution in [0.3, 0.4) is 0 Å². The molecule has 1 heteroatoms. The second-order valence-electron chi connectivity index (χ2n) is 6.72. The van der Waals surface area contributed by atoms with Crippen molar-refractivity contribution in [1.82, 2.24) is 0 Å². The number of rotatable bonds is 5. The van der Waals surface area contributed by atoms with Gasteiger partial charge in [-0.1, -0.05) is 72.3 Å². The Balaban J connectivity index is 1.74. The standard InChI is InChI=1S/C24H25F/c1-3-4-5-6-19-9-13-21(14-10-19)23-16-15-22(17-24(23)25)20-11-7-18(2)8-12-20/h3-4,7-9,11-17,19H,5-6,10H2,1-2H3/b4-3+. The Morgan fingerprint density at radius 2 is 1.84 bits per heavy atom. The molecule has 0 aromatic heterocycles. The van der Waals surface area contributed by atoms with Gasteiger partial charge in [0.2, 0.25) is 0 Å². The summed E-state index contributed by atoms with van der Waals surface area (Å²) < 4.78 is 14.7. The van der Waals surface area contributed by atoms with Gasteiger partial charge in [0.05, 0.1) is 0 Å². The predicted octanol–water partition coefficient (Wildman–Crippen LogP) is 7.12. The fraction of sp³-hybridized carbons (Fsp3) is 0.250. The summed E-state index contributed by atoms with van der Waals surface area (Å²) in [5.74, 6) is 0.413. The summed E-state index contributed by atoms with van der Waals surface area (Å²) in [7, 11) is 0. The van der Waals surface area contributed by atoms with Crippen molar-refractivity contribution in [3.63, 3.8) is 0 Å². The Kier molecular flexibility index (Phi) is 5.65. The van der Waals surface area contributed by atoms with Gasteiger partial charge in [0.25, 0.3) is 0 Å². The Morgan fingerprint density at radius 1 is 1.08 bits per heavy atom. The van der Waals surface area contributed by atoms with Crippen LogP contribution in [-0.2, 0) is 0 Å². The molecule has 0 nitrogen and oxygen atoms in total. The van der Waals surface area contributed by atoms with Crippen LogP contribution in [0.2, 0.25) is 0 Å². The van der Waals surface area contributed by atoms with Crippen LogP contribution in [0.1, 0.15) is 37.3 Å². The summed E-state index contributed by atoms with van der Waals surface area (Å²) in [4.78, 5) is 0. The van der Waals surface area contributed by atoms with E-state index in [9.17, 15) is 4.39 Å². The minimum absolute atomic E-state index is 0.152. The maximum atomic E-state index is 14.7. The van der Waals surface area contributed by atoms with E-state index in [4.69, 9.17) is 0 Å². The van der Waals surface area contributed by atoms with E-state index in [0.717, 1.165) is 36.0 Å². The van der Waals surface area contributed by atoms with E-state index in [0.29, 0.717) is 11.5 Å². The molecule has 1 aliphatic rings. The number of aryl methyl sites for hydroxylation is 1. The third kappa shape index (κ3) is 4.36. The molecule has 0 saturated carbocycles. The lowest BCUT2D eigenvalue weighted by Gasteiger charge is -2.16. The zero-order valence-corrected chi connectivity index (χ0v) is 15.0. The first-order valence-corrected chi connectivity index (χ1v) is 9.04. The molecule has 3 rings (SSSR count). The summed E-state index contributed by atoms with van der Waals surface area (Å²) in [5, 5.41) is 0. The summed E-state index contributed by atoms with van der Waals surface area (Å²) in [5.41, 5.74) is 4.87. The van der Waals surface area contributed by atoms with Crippen LogP contribution in [-0.4, -0.2) is 0 Å². The van der Waals surface area contributed by atoms with E-state index in [1.807, 2.05) is 24.3 Å². The Bertz CT molecular complexity index is 806. The van der Waals surface area contributed by atoms with Crippen LogP contribution in [0.25, 0.3) is 16.7 Å². The van der Waals surface area contributed by atoms with Crippen molar-refractivity contribution in [2.45, 2.75) is 33.1 Å². The van der Waals surface area contributed by atoms with E-state index < -0.39 is 0 Å². The van der Waals surface area contributed by atoms with Crippen molar-refractivity contribution < 1.29 is 4.39 Å². The van der Waals surface area contributed by atoms with E-state index >= 15 is 0 Å². The Hall–Kier alpha value is -2.41. The largest absolute Gasteiger partial charge is 0.206 e. The molecule has 0 aliphatic heterocycles. The molecule has 1 unspecified atom stereocenters. The van der Waals surface area contributed by atoms with Crippen molar-refractivity contribution in [3.05, 3.63) is 89.8 Å². The van der Waals surface area contributed by atoms with Crippen molar-refractivity contribution >= 4 is 5.57 Å².